The number of anilines is 1. The molecule has 1 aliphatic heterocycles. The molecule has 1 amide bonds. The number of benzene rings is 2. The Morgan fingerprint density at radius 3 is 2.69 bits per heavy atom. The lowest BCUT2D eigenvalue weighted by atomic mass is 10.2. The molecule has 1 aliphatic rings. The number of nitrogens with one attached hydrogen (secondary N) is 2. The standard InChI is InChI=1S/C19H22N2O5/c1-12(21-15-6-5-14(23-2)9-17(15)24-3)19(22)20-10-13-4-7-16-18(8-13)26-11-25-16/h4-9,12,21H,10-11H2,1-3H3,(H,20,22)/t12-/m1/s1. The number of methoxy groups -OCH3 is 2. The van der Waals surface area contributed by atoms with Crippen molar-refractivity contribution in [2.45, 2.75) is 19.5 Å². The summed E-state index contributed by atoms with van der Waals surface area (Å²) >= 11 is 0. The molecule has 0 spiro atoms. The van der Waals surface area contributed by atoms with Gasteiger partial charge < -0.3 is 29.6 Å². The molecule has 138 valence electrons. The van der Waals surface area contributed by atoms with E-state index in [-0.39, 0.29) is 12.7 Å². The van der Waals surface area contributed by atoms with E-state index in [9.17, 15) is 4.79 Å². The van der Waals surface area contributed by atoms with Gasteiger partial charge in [0.05, 0.1) is 19.9 Å². The van der Waals surface area contributed by atoms with E-state index in [0.29, 0.717) is 23.8 Å². The zero-order valence-corrected chi connectivity index (χ0v) is 15.0. The lowest BCUT2D eigenvalue weighted by molar-refractivity contribution is -0.121. The van der Waals surface area contributed by atoms with Gasteiger partial charge in [-0.1, -0.05) is 6.07 Å². The molecule has 0 saturated heterocycles. The van der Waals surface area contributed by atoms with Crippen molar-refractivity contribution < 1.29 is 23.7 Å². The second-order valence-electron chi connectivity index (χ2n) is 5.84. The quantitative estimate of drug-likeness (QED) is 0.792. The summed E-state index contributed by atoms with van der Waals surface area (Å²) in [5.74, 6) is 2.60. The maximum atomic E-state index is 12.4. The first kappa shape index (κ1) is 17.7. The number of rotatable bonds is 7. The second kappa shape index (κ2) is 7.86. The van der Waals surface area contributed by atoms with Crippen LogP contribution in [-0.2, 0) is 11.3 Å². The third-order valence-corrected chi connectivity index (χ3v) is 4.08. The molecule has 26 heavy (non-hydrogen) atoms. The molecule has 0 fully saturated rings. The van der Waals surface area contributed by atoms with Crippen molar-refractivity contribution in [1.29, 1.82) is 0 Å². The van der Waals surface area contributed by atoms with Crippen molar-refractivity contribution in [2.75, 3.05) is 26.3 Å². The van der Waals surface area contributed by atoms with Crippen LogP contribution in [0.5, 0.6) is 23.0 Å². The highest BCUT2D eigenvalue weighted by atomic mass is 16.7. The molecule has 7 heteroatoms. The first-order valence-corrected chi connectivity index (χ1v) is 8.25. The Kier molecular flexibility index (Phi) is 5.36. The molecule has 0 aliphatic carbocycles. The highest BCUT2D eigenvalue weighted by Crippen LogP contribution is 2.32. The van der Waals surface area contributed by atoms with Crippen molar-refractivity contribution in [1.82, 2.24) is 5.32 Å². The lowest BCUT2D eigenvalue weighted by Gasteiger charge is -2.18. The largest absolute Gasteiger partial charge is 0.497 e. The highest BCUT2D eigenvalue weighted by molar-refractivity contribution is 5.84. The molecule has 2 N–H and O–H groups in total. The minimum absolute atomic E-state index is 0.125. The van der Waals surface area contributed by atoms with E-state index in [1.165, 1.54) is 0 Å². The van der Waals surface area contributed by atoms with Crippen LogP contribution in [0.1, 0.15) is 12.5 Å². The van der Waals surface area contributed by atoms with Crippen LogP contribution < -0.4 is 29.6 Å². The van der Waals surface area contributed by atoms with Gasteiger partial charge >= 0.3 is 0 Å². The molecule has 0 saturated carbocycles. The predicted octanol–water partition coefficient (Wildman–Crippen LogP) is 2.55. The van der Waals surface area contributed by atoms with Crippen LogP contribution in [0.2, 0.25) is 0 Å². The smallest absolute Gasteiger partial charge is 0.242 e. The normalized spacial score (nSPS) is 13.0. The van der Waals surface area contributed by atoms with Crippen LogP contribution in [-0.4, -0.2) is 33.0 Å². The van der Waals surface area contributed by atoms with Crippen LogP contribution in [0.4, 0.5) is 5.69 Å². The van der Waals surface area contributed by atoms with E-state index >= 15 is 0 Å². The van der Waals surface area contributed by atoms with Gasteiger partial charge in [0, 0.05) is 12.6 Å². The van der Waals surface area contributed by atoms with Gasteiger partial charge in [0.1, 0.15) is 17.5 Å². The third kappa shape index (κ3) is 3.93. The van der Waals surface area contributed by atoms with Crippen molar-refractivity contribution >= 4 is 11.6 Å². The number of fused-ring (bicyclic) bond motifs is 1. The number of amides is 1. The molecule has 0 bridgehead atoms. The van der Waals surface area contributed by atoms with E-state index in [1.807, 2.05) is 30.3 Å². The summed E-state index contributed by atoms with van der Waals surface area (Å²) in [7, 11) is 3.17. The average Bonchev–Trinajstić information content (AvgIpc) is 3.14. The van der Waals surface area contributed by atoms with Crippen LogP contribution in [0.15, 0.2) is 36.4 Å². The van der Waals surface area contributed by atoms with E-state index in [2.05, 4.69) is 10.6 Å². The summed E-state index contributed by atoms with van der Waals surface area (Å²) in [6.45, 7) is 2.43. The number of hydrogen-bond donors (Lipinski definition) is 2. The maximum absolute atomic E-state index is 12.4. The summed E-state index contributed by atoms with van der Waals surface area (Å²) in [5, 5.41) is 6.06. The summed E-state index contributed by atoms with van der Waals surface area (Å²) in [6, 6.07) is 10.6. The first-order chi connectivity index (χ1) is 12.6. The molecule has 1 heterocycles. The fraction of sp³-hybridized carbons (Fsp3) is 0.316. The number of hydrogen-bond acceptors (Lipinski definition) is 6. The van der Waals surface area contributed by atoms with Gasteiger partial charge in [-0.25, -0.2) is 0 Å². The Bertz CT molecular complexity index is 793. The van der Waals surface area contributed by atoms with Gasteiger partial charge in [0.15, 0.2) is 11.5 Å². The maximum Gasteiger partial charge on any atom is 0.242 e. The monoisotopic (exact) mass is 358 g/mol. The Labute approximate surface area is 152 Å². The second-order valence-corrected chi connectivity index (χ2v) is 5.84. The number of ether oxygens (including phenoxy) is 4. The molecular formula is C19H22N2O5. The molecule has 2 aromatic carbocycles. The van der Waals surface area contributed by atoms with Gasteiger partial charge in [0.2, 0.25) is 12.7 Å². The van der Waals surface area contributed by atoms with Gasteiger partial charge in [0.25, 0.3) is 0 Å². The van der Waals surface area contributed by atoms with Crippen LogP contribution in [0.3, 0.4) is 0 Å². The summed E-state index contributed by atoms with van der Waals surface area (Å²) in [5.41, 5.74) is 1.66. The fourth-order valence-electron chi connectivity index (χ4n) is 2.61. The summed E-state index contributed by atoms with van der Waals surface area (Å²) < 4.78 is 21.1. The Balaban J connectivity index is 1.58. The van der Waals surface area contributed by atoms with Gasteiger partial charge in [-0.05, 0) is 36.8 Å². The number of carbonyl (C=O) groups excluding carboxylic acids is 1. The molecule has 3 rings (SSSR count). The molecular weight excluding hydrogens is 336 g/mol. The van der Waals surface area contributed by atoms with E-state index < -0.39 is 6.04 Å². The zero-order chi connectivity index (χ0) is 18.5. The molecule has 7 nitrogen and oxygen atoms in total. The van der Waals surface area contributed by atoms with Crippen molar-refractivity contribution in [2.24, 2.45) is 0 Å². The zero-order valence-electron chi connectivity index (χ0n) is 15.0. The molecule has 0 radical (unpaired) electrons. The fourth-order valence-corrected chi connectivity index (χ4v) is 2.61. The lowest BCUT2D eigenvalue weighted by Crippen LogP contribution is -2.37. The van der Waals surface area contributed by atoms with Crippen LogP contribution in [0.25, 0.3) is 0 Å². The summed E-state index contributed by atoms with van der Waals surface area (Å²) in [4.78, 5) is 12.4. The van der Waals surface area contributed by atoms with Crippen LogP contribution >= 0.6 is 0 Å². The minimum Gasteiger partial charge on any atom is -0.497 e. The van der Waals surface area contributed by atoms with Crippen molar-refractivity contribution in [3.05, 3.63) is 42.0 Å². The first-order valence-electron chi connectivity index (χ1n) is 8.25. The minimum atomic E-state index is -0.439. The van der Waals surface area contributed by atoms with Gasteiger partial charge in [-0.3, -0.25) is 4.79 Å². The Morgan fingerprint density at radius 2 is 1.92 bits per heavy atom. The summed E-state index contributed by atoms with van der Waals surface area (Å²) in [6.07, 6.45) is 0. The van der Waals surface area contributed by atoms with E-state index in [4.69, 9.17) is 18.9 Å². The molecule has 0 unspecified atom stereocenters. The number of carbonyl (C=O) groups is 1. The van der Waals surface area contributed by atoms with Crippen molar-refractivity contribution in [3.8, 4) is 23.0 Å². The Hall–Kier alpha value is -3.09. The predicted molar refractivity (Wildman–Crippen MR) is 97.0 cm³/mol. The molecule has 2 aromatic rings. The van der Waals surface area contributed by atoms with Crippen molar-refractivity contribution in [3.63, 3.8) is 0 Å². The highest BCUT2D eigenvalue weighted by Gasteiger charge is 2.16. The average molecular weight is 358 g/mol. The van der Waals surface area contributed by atoms with Gasteiger partial charge in [-0.15, -0.1) is 0 Å². The SMILES string of the molecule is COc1ccc(N[C@H](C)C(=O)NCc2ccc3c(c2)OCO3)c(OC)c1. The van der Waals surface area contributed by atoms with Gasteiger partial charge in [-0.2, -0.15) is 0 Å². The van der Waals surface area contributed by atoms with E-state index in [0.717, 1.165) is 17.0 Å². The topological polar surface area (TPSA) is 78.1 Å². The Morgan fingerprint density at radius 1 is 1.12 bits per heavy atom. The third-order valence-electron chi connectivity index (χ3n) is 4.08. The molecule has 1 atom stereocenters. The molecule has 0 aromatic heterocycles. The van der Waals surface area contributed by atoms with E-state index in [1.54, 1.807) is 27.2 Å². The van der Waals surface area contributed by atoms with Crippen LogP contribution in [0, 0.1) is 0 Å².